The number of ether oxygens (including phenoxy) is 1. The lowest BCUT2D eigenvalue weighted by Crippen LogP contribution is -2.53. The fourth-order valence-electron chi connectivity index (χ4n) is 4.86. The Morgan fingerprint density at radius 1 is 1.43 bits per heavy atom. The molecule has 0 radical (unpaired) electrons. The van der Waals surface area contributed by atoms with Crippen LogP contribution in [0.15, 0.2) is 40.0 Å². The van der Waals surface area contributed by atoms with Gasteiger partial charge in [0.15, 0.2) is 10.8 Å². The maximum absolute atomic E-state index is 15.8. The van der Waals surface area contributed by atoms with E-state index in [1.165, 1.54) is 29.2 Å². The molecule has 3 unspecified atom stereocenters. The van der Waals surface area contributed by atoms with Gasteiger partial charge < -0.3 is 20.1 Å². The van der Waals surface area contributed by atoms with Gasteiger partial charge in [0, 0.05) is 55.1 Å². The number of rotatable bonds is 10. The van der Waals surface area contributed by atoms with Gasteiger partial charge in [-0.1, -0.05) is 0 Å². The van der Waals surface area contributed by atoms with Gasteiger partial charge in [0.2, 0.25) is 6.41 Å². The molecule has 0 spiro atoms. The van der Waals surface area contributed by atoms with Crippen molar-refractivity contribution in [3.8, 4) is 0 Å². The monoisotopic (exact) mass is 589 g/mol. The number of aromatic carboxylic acids is 1. The quantitative estimate of drug-likeness (QED) is 0.246. The summed E-state index contributed by atoms with van der Waals surface area (Å²) < 4.78 is 21.1. The third kappa shape index (κ3) is 6.56. The lowest BCUT2D eigenvalue weighted by atomic mass is 9.83. The number of carbonyl (C=O) groups excluding carboxylic acids is 2. The predicted octanol–water partition coefficient (Wildman–Crippen LogP) is 2.53. The summed E-state index contributed by atoms with van der Waals surface area (Å²) in [5.41, 5.74) is 0.537. The molecule has 2 aliphatic rings. The largest absolute Gasteiger partial charge is 0.478 e. The smallest absolute Gasteiger partial charge is 0.337 e. The normalized spacial score (nSPS) is 21.4. The highest BCUT2D eigenvalue weighted by Crippen LogP contribution is 2.34. The zero-order valence-electron chi connectivity index (χ0n) is 22.6. The highest BCUT2D eigenvalue weighted by molar-refractivity contribution is 7.27. The predicted molar refractivity (Wildman–Crippen MR) is 155 cm³/mol. The number of carboxylic acid groups (broad SMARTS) is 1. The number of benzene rings is 1. The summed E-state index contributed by atoms with van der Waals surface area (Å²) in [5, 5.41) is 16.0. The van der Waals surface area contributed by atoms with Crippen molar-refractivity contribution in [2.75, 3.05) is 44.2 Å². The molecule has 3 atom stereocenters. The van der Waals surface area contributed by atoms with Crippen molar-refractivity contribution in [1.82, 2.24) is 15.2 Å². The van der Waals surface area contributed by atoms with Gasteiger partial charge in [0.05, 0.1) is 24.3 Å². The van der Waals surface area contributed by atoms with Crippen LogP contribution in [-0.4, -0.2) is 84.2 Å². The number of thiazole rings is 1. The number of carboxylic acids is 1. The van der Waals surface area contributed by atoms with Crippen LogP contribution < -0.4 is 15.5 Å². The van der Waals surface area contributed by atoms with Crippen LogP contribution in [0.1, 0.15) is 41.2 Å². The summed E-state index contributed by atoms with van der Waals surface area (Å²) in [6.07, 6.45) is 2.51. The number of likely N-dealkylation sites (tertiary alicyclic amines) is 1. The molecule has 1 saturated heterocycles. The van der Waals surface area contributed by atoms with E-state index in [2.05, 4.69) is 24.5 Å². The molecule has 1 aromatic heterocycles. The number of amidine groups is 1. The van der Waals surface area contributed by atoms with Gasteiger partial charge in [-0.3, -0.25) is 14.7 Å². The molecule has 2 N–H and O–H groups in total. The van der Waals surface area contributed by atoms with E-state index in [9.17, 15) is 19.5 Å². The number of carbonyl (C=O) groups is 3. The highest BCUT2D eigenvalue weighted by atomic mass is 32.1. The van der Waals surface area contributed by atoms with E-state index < -0.39 is 23.5 Å². The number of aromatic nitrogens is 1. The number of hydrogen-bond donors (Lipinski definition) is 2. The van der Waals surface area contributed by atoms with Gasteiger partial charge in [0.1, 0.15) is 5.67 Å². The van der Waals surface area contributed by atoms with Crippen LogP contribution in [0.5, 0.6) is 0 Å². The molecule has 10 nitrogen and oxygen atoms in total. The maximum Gasteiger partial charge on any atom is 0.337 e. The molecule has 1 aromatic carbocycles. The van der Waals surface area contributed by atoms with E-state index >= 15 is 4.39 Å². The molecule has 0 aliphatic carbocycles. The van der Waals surface area contributed by atoms with Crippen molar-refractivity contribution in [2.45, 2.75) is 32.9 Å². The Labute approximate surface area is 238 Å². The second-order valence-corrected chi connectivity index (χ2v) is 11.6. The molecule has 0 saturated carbocycles. The SMILES string of the molecule is CCOC(=O)C1=C(CN2CCC(C)(F)C(CN(C=O)c3cc(P)c(C)c(C(=O)O)c3)C2)NC(c2nccs2)=NC1. The fraction of sp³-hybridized carbons (Fsp3) is 0.444. The molecule has 1 fully saturated rings. The minimum Gasteiger partial charge on any atom is -0.478 e. The van der Waals surface area contributed by atoms with Crippen molar-refractivity contribution in [3.63, 3.8) is 0 Å². The number of halogens is 1. The van der Waals surface area contributed by atoms with E-state index in [0.717, 1.165) is 0 Å². The van der Waals surface area contributed by atoms with Gasteiger partial charge in [0.25, 0.3) is 0 Å². The number of anilines is 1. The summed E-state index contributed by atoms with van der Waals surface area (Å²) in [6.45, 7) is 6.48. The molecule has 214 valence electrons. The van der Waals surface area contributed by atoms with Crippen LogP contribution in [-0.2, 0) is 14.3 Å². The first-order chi connectivity index (χ1) is 19.0. The van der Waals surface area contributed by atoms with Crippen LogP contribution in [0.4, 0.5) is 10.1 Å². The molecular formula is C27H33FN5O5PS. The van der Waals surface area contributed by atoms with E-state index in [1.54, 1.807) is 26.1 Å². The van der Waals surface area contributed by atoms with Crippen molar-refractivity contribution in [3.05, 3.63) is 51.1 Å². The van der Waals surface area contributed by atoms with Gasteiger partial charge in [-0.2, -0.15) is 0 Å². The third-order valence-electron chi connectivity index (χ3n) is 7.35. The van der Waals surface area contributed by atoms with E-state index in [1.807, 2.05) is 10.3 Å². The average Bonchev–Trinajstić information content (AvgIpc) is 3.45. The number of esters is 1. The van der Waals surface area contributed by atoms with Gasteiger partial charge in [-0.25, -0.2) is 19.0 Å². The van der Waals surface area contributed by atoms with Gasteiger partial charge >= 0.3 is 11.9 Å². The van der Waals surface area contributed by atoms with Crippen molar-refractivity contribution < 1.29 is 28.6 Å². The fourth-order valence-corrected chi connectivity index (χ4v) is 5.78. The number of amides is 1. The van der Waals surface area contributed by atoms with Crippen LogP contribution >= 0.6 is 20.6 Å². The number of nitrogens with zero attached hydrogens (tertiary/aromatic N) is 4. The lowest BCUT2D eigenvalue weighted by Gasteiger charge is -2.43. The van der Waals surface area contributed by atoms with Crippen LogP contribution in [0.25, 0.3) is 0 Å². The zero-order valence-corrected chi connectivity index (χ0v) is 24.6. The Bertz CT molecular complexity index is 1350. The Kier molecular flexibility index (Phi) is 9.33. The second kappa shape index (κ2) is 12.5. The topological polar surface area (TPSA) is 124 Å². The van der Waals surface area contributed by atoms with Crippen molar-refractivity contribution in [2.24, 2.45) is 10.9 Å². The van der Waals surface area contributed by atoms with Crippen molar-refractivity contribution >= 4 is 55.8 Å². The Morgan fingerprint density at radius 2 is 2.20 bits per heavy atom. The molecule has 3 heterocycles. The average molecular weight is 590 g/mol. The molecule has 13 heteroatoms. The van der Waals surface area contributed by atoms with Crippen LogP contribution in [0.3, 0.4) is 0 Å². The number of piperidine rings is 1. The van der Waals surface area contributed by atoms with Gasteiger partial charge in [-0.15, -0.1) is 20.6 Å². The Morgan fingerprint density at radius 3 is 2.85 bits per heavy atom. The van der Waals surface area contributed by atoms with E-state index in [-0.39, 0.29) is 31.7 Å². The number of aliphatic imine (C=N–C) groups is 1. The molecule has 4 rings (SSSR count). The number of alkyl halides is 1. The first-order valence-corrected chi connectivity index (χ1v) is 14.4. The van der Waals surface area contributed by atoms with Gasteiger partial charge in [-0.05, 0) is 50.2 Å². The van der Waals surface area contributed by atoms with Crippen LogP contribution in [0, 0.1) is 12.8 Å². The first-order valence-electron chi connectivity index (χ1n) is 12.9. The van der Waals surface area contributed by atoms with Crippen LogP contribution in [0.2, 0.25) is 0 Å². The minimum absolute atomic E-state index is 0.0578. The highest BCUT2D eigenvalue weighted by Gasteiger charge is 2.41. The molecule has 2 aliphatic heterocycles. The minimum atomic E-state index is -1.56. The summed E-state index contributed by atoms with van der Waals surface area (Å²) >= 11 is 1.43. The zero-order chi connectivity index (χ0) is 29.0. The molecule has 40 heavy (non-hydrogen) atoms. The standard InChI is InChI=1S/C27H33FN5O5PS/c1-4-38-26(37)20-11-30-23(24-29-6-8-40-24)31-21(20)14-32-7-5-27(3,28)17(12-32)13-33(15-34)18-9-19(25(35)36)16(2)22(39)10-18/h6,8-10,15,17H,4-5,7,11-14,39H2,1-3H3,(H,30,31)(H,35,36). The summed E-state index contributed by atoms with van der Waals surface area (Å²) in [5.74, 6) is -1.56. The Hall–Kier alpha value is -3.21. The van der Waals surface area contributed by atoms with E-state index in [4.69, 9.17) is 4.74 Å². The number of nitrogens with one attached hydrogen (secondary N) is 1. The maximum atomic E-state index is 15.8. The molecule has 2 aromatic rings. The third-order valence-corrected chi connectivity index (χ3v) is 8.73. The summed E-state index contributed by atoms with van der Waals surface area (Å²) in [7, 11) is 2.49. The molecular weight excluding hydrogens is 556 g/mol. The molecule has 0 bridgehead atoms. The molecule has 1 amide bonds. The second-order valence-electron chi connectivity index (χ2n) is 10.0. The first kappa shape index (κ1) is 29.8. The summed E-state index contributed by atoms with van der Waals surface area (Å²) in [6, 6.07) is 3.15. The lowest BCUT2D eigenvalue weighted by molar-refractivity contribution is -0.138. The van der Waals surface area contributed by atoms with Crippen molar-refractivity contribution in [1.29, 1.82) is 0 Å². The Balaban J connectivity index is 1.55. The number of hydrogen-bond acceptors (Lipinski definition) is 9. The summed E-state index contributed by atoms with van der Waals surface area (Å²) in [4.78, 5) is 48.8. The van der Waals surface area contributed by atoms with E-state index in [0.29, 0.717) is 64.7 Å².